The van der Waals surface area contributed by atoms with Crippen molar-refractivity contribution in [3.63, 3.8) is 0 Å². The van der Waals surface area contributed by atoms with Gasteiger partial charge in [0.2, 0.25) is 0 Å². The highest BCUT2D eigenvalue weighted by molar-refractivity contribution is 5.93. The SMILES string of the molecule is N#Cc1c[nH]c2ncnc(N3CC(Cc4ccccc4-n4cnn5ccc(F)c5c4=O)C3)c12. The lowest BCUT2D eigenvalue weighted by atomic mass is 9.91. The number of hydrogen-bond acceptors (Lipinski definition) is 6. The van der Waals surface area contributed by atoms with Crippen LogP contribution in [0.5, 0.6) is 0 Å². The van der Waals surface area contributed by atoms with Crippen molar-refractivity contribution >= 4 is 22.4 Å². The summed E-state index contributed by atoms with van der Waals surface area (Å²) >= 11 is 0. The summed E-state index contributed by atoms with van der Waals surface area (Å²) < 4.78 is 16.8. The maximum Gasteiger partial charge on any atom is 0.285 e. The van der Waals surface area contributed by atoms with Crippen molar-refractivity contribution < 1.29 is 4.39 Å². The van der Waals surface area contributed by atoms with Crippen molar-refractivity contribution in [2.24, 2.45) is 5.92 Å². The number of nitrogens with zero attached hydrogens (tertiary/aromatic N) is 7. The number of fused-ring (bicyclic) bond motifs is 2. The molecule has 0 bridgehead atoms. The molecule has 9 nitrogen and oxygen atoms in total. The first kappa shape index (κ1) is 19.2. The highest BCUT2D eigenvalue weighted by atomic mass is 19.1. The van der Waals surface area contributed by atoms with E-state index in [9.17, 15) is 14.4 Å². The lowest BCUT2D eigenvalue weighted by Crippen LogP contribution is -2.48. The van der Waals surface area contributed by atoms with E-state index < -0.39 is 11.4 Å². The van der Waals surface area contributed by atoms with E-state index in [4.69, 9.17) is 0 Å². The van der Waals surface area contributed by atoms with Crippen molar-refractivity contribution in [2.75, 3.05) is 18.0 Å². The van der Waals surface area contributed by atoms with Crippen LogP contribution in [0.15, 0.2) is 60.2 Å². The molecule has 0 saturated carbocycles. The van der Waals surface area contributed by atoms with Gasteiger partial charge >= 0.3 is 0 Å². The van der Waals surface area contributed by atoms with Gasteiger partial charge in [-0.2, -0.15) is 10.4 Å². The van der Waals surface area contributed by atoms with E-state index >= 15 is 0 Å². The Morgan fingerprint density at radius 1 is 1.21 bits per heavy atom. The van der Waals surface area contributed by atoms with Gasteiger partial charge in [-0.3, -0.25) is 9.36 Å². The molecular formula is C23H17FN8O. The molecule has 1 aliphatic heterocycles. The molecule has 0 unspecified atom stereocenters. The van der Waals surface area contributed by atoms with Gasteiger partial charge < -0.3 is 9.88 Å². The van der Waals surface area contributed by atoms with Crippen molar-refractivity contribution in [3.05, 3.63) is 82.7 Å². The number of H-pyrrole nitrogens is 1. The zero-order valence-corrected chi connectivity index (χ0v) is 17.3. The minimum atomic E-state index is -0.591. The van der Waals surface area contributed by atoms with E-state index in [2.05, 4.69) is 31.0 Å². The fourth-order valence-electron chi connectivity index (χ4n) is 4.52. The molecule has 0 aliphatic carbocycles. The maximum atomic E-state index is 14.1. The summed E-state index contributed by atoms with van der Waals surface area (Å²) in [4.78, 5) is 26.7. The van der Waals surface area contributed by atoms with Gasteiger partial charge in [-0.15, -0.1) is 0 Å². The number of anilines is 1. The summed E-state index contributed by atoms with van der Waals surface area (Å²) in [6.07, 6.45) is 6.73. The van der Waals surface area contributed by atoms with Gasteiger partial charge in [0.1, 0.15) is 30.2 Å². The summed E-state index contributed by atoms with van der Waals surface area (Å²) in [7, 11) is 0. The topological polar surface area (TPSA) is 108 Å². The van der Waals surface area contributed by atoms with Crippen LogP contribution < -0.4 is 10.5 Å². The Labute approximate surface area is 186 Å². The molecule has 5 heterocycles. The Balaban J connectivity index is 1.28. The fourth-order valence-corrected chi connectivity index (χ4v) is 4.52. The van der Waals surface area contributed by atoms with Crippen LogP contribution >= 0.6 is 0 Å². The molecule has 0 spiro atoms. The predicted octanol–water partition coefficient (Wildman–Crippen LogP) is 2.45. The van der Waals surface area contributed by atoms with Gasteiger partial charge in [0, 0.05) is 25.5 Å². The molecule has 1 fully saturated rings. The molecule has 0 atom stereocenters. The van der Waals surface area contributed by atoms with E-state index in [1.165, 1.54) is 34.0 Å². The molecule has 162 valence electrons. The largest absolute Gasteiger partial charge is 0.355 e. The fraction of sp³-hybridized carbons (Fsp3) is 0.174. The van der Waals surface area contributed by atoms with Crippen molar-refractivity contribution in [1.82, 2.24) is 29.1 Å². The van der Waals surface area contributed by atoms with Crippen LogP contribution in [0.4, 0.5) is 10.2 Å². The van der Waals surface area contributed by atoms with Crippen molar-refractivity contribution in [1.29, 1.82) is 5.26 Å². The Morgan fingerprint density at radius 3 is 2.91 bits per heavy atom. The number of halogens is 1. The minimum Gasteiger partial charge on any atom is -0.355 e. The molecule has 6 rings (SSSR count). The Kier molecular flexibility index (Phi) is 4.23. The second-order valence-corrected chi connectivity index (χ2v) is 8.10. The third-order valence-corrected chi connectivity index (χ3v) is 6.12. The molecule has 1 N–H and O–H groups in total. The lowest BCUT2D eigenvalue weighted by Gasteiger charge is -2.40. The average Bonchev–Trinajstić information content (AvgIpc) is 3.40. The highest BCUT2D eigenvalue weighted by Crippen LogP contribution is 2.32. The average molecular weight is 440 g/mol. The molecule has 1 aliphatic rings. The first-order chi connectivity index (χ1) is 16.1. The second kappa shape index (κ2) is 7.27. The number of para-hydroxylation sites is 1. The maximum absolute atomic E-state index is 14.1. The standard InChI is InChI=1S/C23H17FN8O/c24-17-5-6-32-20(17)23(33)31(13-29-32)18-4-2-1-3-15(18)7-14-10-30(11-14)22-19-16(8-25)9-26-21(19)27-12-28-22/h1-6,9,12-14H,7,10-11H2,(H,26,27,28). The number of rotatable bonds is 4. The molecule has 5 aromatic rings. The van der Waals surface area contributed by atoms with Gasteiger partial charge in [-0.1, -0.05) is 18.2 Å². The van der Waals surface area contributed by atoms with Gasteiger partial charge in [-0.25, -0.2) is 18.9 Å². The summed E-state index contributed by atoms with van der Waals surface area (Å²) in [5.74, 6) is 0.488. The van der Waals surface area contributed by atoms with Crippen LogP contribution in [-0.2, 0) is 6.42 Å². The number of nitrogens with one attached hydrogen (secondary N) is 1. The van der Waals surface area contributed by atoms with Crippen LogP contribution in [0.2, 0.25) is 0 Å². The zero-order valence-electron chi connectivity index (χ0n) is 17.3. The number of nitriles is 1. The van der Waals surface area contributed by atoms with Gasteiger partial charge in [0.25, 0.3) is 5.56 Å². The second-order valence-electron chi connectivity index (χ2n) is 8.10. The third-order valence-electron chi connectivity index (χ3n) is 6.12. The smallest absolute Gasteiger partial charge is 0.285 e. The number of aromatic amines is 1. The summed E-state index contributed by atoms with van der Waals surface area (Å²) in [5.41, 5.74) is 2.32. The summed E-state index contributed by atoms with van der Waals surface area (Å²) in [6, 6.07) is 11.0. The summed E-state index contributed by atoms with van der Waals surface area (Å²) in [5, 5.41) is 14.3. The van der Waals surface area contributed by atoms with Crippen molar-refractivity contribution in [3.8, 4) is 11.8 Å². The van der Waals surface area contributed by atoms with Crippen molar-refractivity contribution in [2.45, 2.75) is 6.42 Å². The van der Waals surface area contributed by atoms with Gasteiger partial charge in [0.05, 0.1) is 16.6 Å². The van der Waals surface area contributed by atoms with Gasteiger partial charge in [0.15, 0.2) is 11.3 Å². The zero-order chi connectivity index (χ0) is 22.5. The van der Waals surface area contributed by atoms with E-state index in [0.717, 1.165) is 36.3 Å². The first-order valence-electron chi connectivity index (χ1n) is 10.4. The van der Waals surface area contributed by atoms with Crippen LogP contribution in [0, 0.1) is 23.1 Å². The molecule has 4 aromatic heterocycles. The Hall–Kier alpha value is -4.52. The van der Waals surface area contributed by atoms with E-state index in [1.807, 2.05) is 24.3 Å². The molecule has 0 radical (unpaired) electrons. The third kappa shape index (κ3) is 2.97. The Morgan fingerprint density at radius 2 is 2.06 bits per heavy atom. The number of aromatic nitrogens is 6. The monoisotopic (exact) mass is 440 g/mol. The Bertz CT molecular complexity index is 1620. The molecule has 0 amide bonds. The molecule has 10 heteroatoms. The minimum absolute atomic E-state index is 0.0744. The quantitative estimate of drug-likeness (QED) is 0.460. The predicted molar refractivity (Wildman–Crippen MR) is 119 cm³/mol. The summed E-state index contributed by atoms with van der Waals surface area (Å²) in [6.45, 7) is 1.52. The number of benzene rings is 1. The first-order valence-corrected chi connectivity index (χ1v) is 10.4. The normalized spacial score (nSPS) is 14.0. The number of hydrogen-bond donors (Lipinski definition) is 1. The van der Waals surface area contributed by atoms with E-state index in [-0.39, 0.29) is 5.52 Å². The van der Waals surface area contributed by atoms with Crippen LogP contribution in [0.25, 0.3) is 22.2 Å². The highest BCUT2D eigenvalue weighted by Gasteiger charge is 2.31. The van der Waals surface area contributed by atoms with Crippen LogP contribution in [-0.4, -0.2) is 42.2 Å². The molecule has 1 saturated heterocycles. The van der Waals surface area contributed by atoms with Crippen LogP contribution in [0.3, 0.4) is 0 Å². The lowest BCUT2D eigenvalue weighted by molar-refractivity contribution is 0.405. The van der Waals surface area contributed by atoms with E-state index in [1.54, 1.807) is 6.20 Å². The molecule has 1 aromatic carbocycles. The molecule has 33 heavy (non-hydrogen) atoms. The van der Waals surface area contributed by atoms with Gasteiger partial charge in [-0.05, 0) is 30.0 Å². The molecular weight excluding hydrogens is 423 g/mol. The van der Waals surface area contributed by atoms with E-state index in [0.29, 0.717) is 22.8 Å². The van der Waals surface area contributed by atoms with Crippen LogP contribution in [0.1, 0.15) is 11.1 Å².